The van der Waals surface area contributed by atoms with Crippen molar-refractivity contribution in [3.63, 3.8) is 0 Å². The van der Waals surface area contributed by atoms with Gasteiger partial charge in [-0.1, -0.05) is 32.9 Å². The lowest BCUT2D eigenvalue weighted by molar-refractivity contribution is -0.123. The van der Waals surface area contributed by atoms with E-state index in [9.17, 15) is 0 Å². The predicted molar refractivity (Wildman–Crippen MR) is 74.8 cm³/mol. The Balaban J connectivity index is 1.69. The van der Waals surface area contributed by atoms with Gasteiger partial charge in [-0.05, 0) is 12.3 Å². The standard InChI is InChI=1S/C14H26N4O/c1-11(2)10-19-13-9-12(14(13,3)4)15-5-7-18-8-6-16-17-18/h6,8,11-13,15H,5,7,9-10H2,1-4H3. The molecule has 1 aromatic heterocycles. The minimum absolute atomic E-state index is 0.220. The molecule has 0 aliphatic heterocycles. The zero-order valence-corrected chi connectivity index (χ0v) is 12.5. The maximum atomic E-state index is 5.97. The first kappa shape index (κ1) is 14.5. The molecule has 1 N–H and O–H groups in total. The summed E-state index contributed by atoms with van der Waals surface area (Å²) in [6.07, 6.45) is 5.10. The van der Waals surface area contributed by atoms with E-state index in [2.05, 4.69) is 43.3 Å². The number of nitrogens with one attached hydrogen (secondary N) is 1. The molecule has 0 saturated heterocycles. The van der Waals surface area contributed by atoms with Gasteiger partial charge in [-0.15, -0.1) is 5.10 Å². The summed E-state index contributed by atoms with van der Waals surface area (Å²) in [5.41, 5.74) is 0.220. The third-order valence-electron chi connectivity index (χ3n) is 4.01. The van der Waals surface area contributed by atoms with Crippen LogP contribution in [0.15, 0.2) is 12.4 Å². The number of aromatic nitrogens is 3. The first-order chi connectivity index (χ1) is 9.00. The number of hydrogen-bond donors (Lipinski definition) is 1. The minimum Gasteiger partial charge on any atom is -0.377 e. The first-order valence-electron chi connectivity index (χ1n) is 7.19. The van der Waals surface area contributed by atoms with E-state index in [0.717, 1.165) is 26.1 Å². The predicted octanol–water partition coefficient (Wildman–Crippen LogP) is 1.71. The molecule has 108 valence electrons. The third-order valence-corrected chi connectivity index (χ3v) is 4.01. The van der Waals surface area contributed by atoms with Crippen LogP contribution < -0.4 is 5.32 Å². The van der Waals surface area contributed by atoms with Gasteiger partial charge in [0.25, 0.3) is 0 Å². The lowest BCUT2D eigenvalue weighted by Gasteiger charge is -2.52. The largest absolute Gasteiger partial charge is 0.377 e. The number of ether oxygens (including phenoxy) is 1. The molecule has 2 rings (SSSR count). The van der Waals surface area contributed by atoms with E-state index < -0.39 is 0 Å². The highest BCUT2D eigenvalue weighted by Crippen LogP contribution is 2.42. The molecule has 0 amide bonds. The second-order valence-electron chi connectivity index (χ2n) is 6.45. The number of rotatable bonds is 7. The summed E-state index contributed by atoms with van der Waals surface area (Å²) in [7, 11) is 0. The van der Waals surface area contributed by atoms with Crippen molar-refractivity contribution in [2.45, 2.75) is 52.8 Å². The Labute approximate surface area is 115 Å². The van der Waals surface area contributed by atoms with E-state index in [4.69, 9.17) is 4.74 Å². The maximum Gasteiger partial charge on any atom is 0.0692 e. The molecule has 0 bridgehead atoms. The van der Waals surface area contributed by atoms with Gasteiger partial charge in [0.15, 0.2) is 0 Å². The van der Waals surface area contributed by atoms with Crippen molar-refractivity contribution in [2.75, 3.05) is 13.2 Å². The molecule has 1 saturated carbocycles. The van der Waals surface area contributed by atoms with Crippen LogP contribution >= 0.6 is 0 Å². The van der Waals surface area contributed by atoms with Crippen LogP contribution in [0.5, 0.6) is 0 Å². The summed E-state index contributed by atoms with van der Waals surface area (Å²) in [5, 5.41) is 11.4. The van der Waals surface area contributed by atoms with Gasteiger partial charge >= 0.3 is 0 Å². The number of hydrogen-bond acceptors (Lipinski definition) is 4. The van der Waals surface area contributed by atoms with E-state index in [1.54, 1.807) is 6.20 Å². The Morgan fingerprint density at radius 3 is 2.84 bits per heavy atom. The van der Waals surface area contributed by atoms with Gasteiger partial charge in [0.2, 0.25) is 0 Å². The van der Waals surface area contributed by atoms with Gasteiger partial charge in [-0.3, -0.25) is 4.68 Å². The van der Waals surface area contributed by atoms with Crippen LogP contribution in [0.1, 0.15) is 34.1 Å². The molecule has 2 atom stereocenters. The Hall–Kier alpha value is -0.940. The molecule has 1 aromatic rings. The molecule has 0 aromatic carbocycles. The third kappa shape index (κ3) is 3.54. The van der Waals surface area contributed by atoms with Crippen molar-refractivity contribution < 1.29 is 4.74 Å². The Morgan fingerprint density at radius 1 is 1.47 bits per heavy atom. The Morgan fingerprint density at radius 2 is 2.26 bits per heavy atom. The van der Waals surface area contributed by atoms with Gasteiger partial charge in [-0.25, -0.2) is 0 Å². The molecule has 1 aliphatic rings. The molecular formula is C14H26N4O. The summed E-state index contributed by atoms with van der Waals surface area (Å²) >= 11 is 0. The van der Waals surface area contributed by atoms with Crippen LogP contribution in [0.4, 0.5) is 0 Å². The molecule has 2 unspecified atom stereocenters. The van der Waals surface area contributed by atoms with Crippen LogP contribution in [0.25, 0.3) is 0 Å². The van der Waals surface area contributed by atoms with Crippen molar-refractivity contribution in [3.8, 4) is 0 Å². The second kappa shape index (κ2) is 6.01. The SMILES string of the molecule is CC(C)COC1CC(NCCn2ccnn2)C1(C)C. The van der Waals surface area contributed by atoms with Crippen LogP contribution in [0.3, 0.4) is 0 Å². The molecule has 1 aliphatic carbocycles. The lowest BCUT2D eigenvalue weighted by atomic mass is 9.64. The quantitative estimate of drug-likeness (QED) is 0.816. The highest BCUT2D eigenvalue weighted by molar-refractivity contribution is 5.02. The average Bonchev–Trinajstić information content (AvgIpc) is 2.84. The fourth-order valence-corrected chi connectivity index (χ4v) is 2.53. The molecule has 0 radical (unpaired) electrons. The molecule has 5 heteroatoms. The van der Waals surface area contributed by atoms with Gasteiger partial charge in [0.1, 0.15) is 0 Å². The number of nitrogens with zero attached hydrogens (tertiary/aromatic N) is 3. The fourth-order valence-electron chi connectivity index (χ4n) is 2.53. The highest BCUT2D eigenvalue weighted by atomic mass is 16.5. The zero-order chi connectivity index (χ0) is 13.9. The molecule has 1 fully saturated rings. The average molecular weight is 266 g/mol. The molecule has 5 nitrogen and oxygen atoms in total. The summed E-state index contributed by atoms with van der Waals surface area (Å²) in [4.78, 5) is 0. The first-order valence-corrected chi connectivity index (χ1v) is 7.19. The van der Waals surface area contributed by atoms with E-state index in [1.165, 1.54) is 0 Å². The Bertz CT molecular complexity index is 375. The fraction of sp³-hybridized carbons (Fsp3) is 0.857. The highest BCUT2D eigenvalue weighted by Gasteiger charge is 2.48. The van der Waals surface area contributed by atoms with Crippen molar-refractivity contribution >= 4 is 0 Å². The Kier molecular flexibility index (Phi) is 4.58. The van der Waals surface area contributed by atoms with Gasteiger partial charge in [0.05, 0.1) is 18.8 Å². The summed E-state index contributed by atoms with van der Waals surface area (Å²) < 4.78 is 7.82. The summed E-state index contributed by atoms with van der Waals surface area (Å²) in [6, 6.07) is 0.535. The van der Waals surface area contributed by atoms with E-state index in [-0.39, 0.29) is 5.41 Å². The summed E-state index contributed by atoms with van der Waals surface area (Å²) in [5.74, 6) is 0.607. The van der Waals surface area contributed by atoms with Crippen LogP contribution in [-0.4, -0.2) is 40.3 Å². The van der Waals surface area contributed by atoms with Crippen molar-refractivity contribution in [1.29, 1.82) is 0 Å². The molecule has 1 heterocycles. The van der Waals surface area contributed by atoms with E-state index in [0.29, 0.717) is 18.1 Å². The van der Waals surface area contributed by atoms with Crippen LogP contribution in [-0.2, 0) is 11.3 Å². The van der Waals surface area contributed by atoms with Gasteiger partial charge < -0.3 is 10.1 Å². The second-order valence-corrected chi connectivity index (χ2v) is 6.45. The van der Waals surface area contributed by atoms with Crippen LogP contribution in [0.2, 0.25) is 0 Å². The zero-order valence-electron chi connectivity index (χ0n) is 12.5. The smallest absolute Gasteiger partial charge is 0.0692 e. The van der Waals surface area contributed by atoms with Crippen molar-refractivity contribution in [1.82, 2.24) is 20.3 Å². The minimum atomic E-state index is 0.220. The van der Waals surface area contributed by atoms with E-state index in [1.807, 2.05) is 10.9 Å². The molecular weight excluding hydrogens is 240 g/mol. The lowest BCUT2D eigenvalue weighted by Crippen LogP contribution is -2.61. The monoisotopic (exact) mass is 266 g/mol. The summed E-state index contributed by atoms with van der Waals surface area (Å²) in [6.45, 7) is 11.6. The normalized spacial score (nSPS) is 25.5. The van der Waals surface area contributed by atoms with Crippen LogP contribution in [0, 0.1) is 11.3 Å². The van der Waals surface area contributed by atoms with Gasteiger partial charge in [0, 0.05) is 30.8 Å². The van der Waals surface area contributed by atoms with Crippen molar-refractivity contribution in [2.24, 2.45) is 11.3 Å². The molecule has 0 spiro atoms. The van der Waals surface area contributed by atoms with Crippen molar-refractivity contribution in [3.05, 3.63) is 12.4 Å². The maximum absolute atomic E-state index is 5.97. The molecule has 19 heavy (non-hydrogen) atoms. The van der Waals surface area contributed by atoms with E-state index >= 15 is 0 Å². The topological polar surface area (TPSA) is 52.0 Å². The van der Waals surface area contributed by atoms with Gasteiger partial charge in [-0.2, -0.15) is 0 Å².